The van der Waals surface area contributed by atoms with Crippen molar-refractivity contribution in [1.82, 2.24) is 25.1 Å². The summed E-state index contributed by atoms with van der Waals surface area (Å²) in [6, 6.07) is -0.518. The zero-order chi connectivity index (χ0) is 16.7. The number of rotatable bonds is 4. The molecule has 2 saturated heterocycles. The quantitative estimate of drug-likeness (QED) is 0.827. The molecular formula is C16H20FN5O2. The zero-order valence-electron chi connectivity index (χ0n) is 13.3. The molecule has 0 unspecified atom stereocenters. The number of likely N-dealkylation sites (tertiary alicyclic amines) is 1. The van der Waals surface area contributed by atoms with Gasteiger partial charge in [-0.3, -0.25) is 14.6 Å². The Balaban J connectivity index is 1.46. The first-order valence-corrected chi connectivity index (χ1v) is 8.33. The highest BCUT2D eigenvalue weighted by molar-refractivity contribution is 6.07. The number of imide groups is 1. The number of halogens is 1. The maximum atomic E-state index is 13.9. The molecule has 8 heteroatoms. The molecule has 3 aliphatic rings. The highest BCUT2D eigenvalue weighted by atomic mass is 19.1. The summed E-state index contributed by atoms with van der Waals surface area (Å²) in [5, 5.41) is 2.82. The van der Waals surface area contributed by atoms with Crippen LogP contribution < -0.4 is 5.32 Å². The van der Waals surface area contributed by atoms with Gasteiger partial charge >= 0.3 is 6.03 Å². The van der Waals surface area contributed by atoms with Crippen molar-refractivity contribution in [2.24, 2.45) is 0 Å². The summed E-state index contributed by atoms with van der Waals surface area (Å²) < 4.78 is 13.9. The minimum Gasteiger partial charge on any atom is -0.323 e. The molecule has 1 aromatic heterocycles. The van der Waals surface area contributed by atoms with E-state index < -0.39 is 11.7 Å². The van der Waals surface area contributed by atoms with Crippen molar-refractivity contribution in [3.05, 3.63) is 24.3 Å². The predicted octanol–water partition coefficient (Wildman–Crippen LogP) is 0.863. The van der Waals surface area contributed by atoms with Crippen LogP contribution in [0.4, 0.5) is 9.18 Å². The van der Waals surface area contributed by atoms with Gasteiger partial charge in [-0.2, -0.15) is 0 Å². The average Bonchev–Trinajstić information content (AvgIpc) is 3.00. The normalized spacial score (nSPS) is 29.1. The van der Waals surface area contributed by atoms with Gasteiger partial charge in [0.2, 0.25) is 0 Å². The molecule has 1 aliphatic carbocycles. The molecule has 3 amide bonds. The van der Waals surface area contributed by atoms with Gasteiger partial charge in [0, 0.05) is 43.6 Å². The smallest absolute Gasteiger partial charge is 0.323 e. The maximum Gasteiger partial charge on any atom is 0.325 e. The molecule has 2 aliphatic heterocycles. The van der Waals surface area contributed by atoms with Crippen LogP contribution in [0.3, 0.4) is 0 Å². The Bertz CT molecular complexity index is 651. The molecule has 0 aromatic carbocycles. The van der Waals surface area contributed by atoms with Gasteiger partial charge in [0.05, 0.1) is 0 Å². The molecule has 1 saturated carbocycles. The van der Waals surface area contributed by atoms with E-state index in [2.05, 4.69) is 15.3 Å². The SMILES string of the molecule is O=C1NC2(CCC2)C(=O)N1C[C@@H]1C[C@H](F)CN1Cc1cncnc1. The molecule has 1 N–H and O–H groups in total. The van der Waals surface area contributed by atoms with Gasteiger partial charge < -0.3 is 5.32 Å². The van der Waals surface area contributed by atoms with E-state index >= 15 is 0 Å². The minimum absolute atomic E-state index is 0.149. The maximum absolute atomic E-state index is 13.9. The van der Waals surface area contributed by atoms with Crippen LogP contribution in [0.2, 0.25) is 0 Å². The number of hydrogen-bond acceptors (Lipinski definition) is 5. The van der Waals surface area contributed by atoms with Crippen molar-refractivity contribution in [3.8, 4) is 0 Å². The Labute approximate surface area is 139 Å². The molecule has 2 atom stereocenters. The second kappa shape index (κ2) is 5.77. The van der Waals surface area contributed by atoms with E-state index in [1.807, 2.05) is 4.90 Å². The lowest BCUT2D eigenvalue weighted by atomic mass is 9.77. The lowest BCUT2D eigenvalue weighted by Gasteiger charge is -2.35. The van der Waals surface area contributed by atoms with E-state index in [1.165, 1.54) is 11.2 Å². The van der Waals surface area contributed by atoms with Gasteiger partial charge in [-0.05, 0) is 25.7 Å². The van der Waals surface area contributed by atoms with E-state index in [4.69, 9.17) is 0 Å². The first-order valence-electron chi connectivity index (χ1n) is 8.33. The van der Waals surface area contributed by atoms with E-state index in [-0.39, 0.29) is 24.5 Å². The monoisotopic (exact) mass is 333 g/mol. The molecule has 1 spiro atoms. The van der Waals surface area contributed by atoms with Gasteiger partial charge in [-0.1, -0.05) is 0 Å². The molecule has 4 rings (SSSR count). The van der Waals surface area contributed by atoms with Crippen LogP contribution in [0.15, 0.2) is 18.7 Å². The number of nitrogens with one attached hydrogen (secondary N) is 1. The van der Waals surface area contributed by atoms with Crippen LogP contribution >= 0.6 is 0 Å². The summed E-state index contributed by atoms with van der Waals surface area (Å²) in [7, 11) is 0. The number of carbonyl (C=O) groups is 2. The Kier molecular flexibility index (Phi) is 3.71. The highest BCUT2D eigenvalue weighted by Crippen LogP contribution is 2.37. The number of aromatic nitrogens is 2. The van der Waals surface area contributed by atoms with Crippen LogP contribution in [-0.2, 0) is 11.3 Å². The third-order valence-electron chi connectivity index (χ3n) is 5.32. The lowest BCUT2D eigenvalue weighted by Crippen LogP contribution is -2.53. The van der Waals surface area contributed by atoms with Crippen LogP contribution in [0.25, 0.3) is 0 Å². The fourth-order valence-corrected chi connectivity index (χ4v) is 3.87. The number of hydrogen-bond donors (Lipinski definition) is 1. The fourth-order valence-electron chi connectivity index (χ4n) is 3.87. The van der Waals surface area contributed by atoms with Gasteiger partial charge in [-0.25, -0.2) is 19.2 Å². The lowest BCUT2D eigenvalue weighted by molar-refractivity contribution is -0.134. The summed E-state index contributed by atoms with van der Waals surface area (Å²) in [5.74, 6) is -0.149. The summed E-state index contributed by atoms with van der Waals surface area (Å²) in [4.78, 5) is 35.9. The number of urea groups is 1. The number of amides is 3. The molecule has 0 bridgehead atoms. The molecule has 3 heterocycles. The van der Waals surface area contributed by atoms with Crippen molar-refractivity contribution in [2.45, 2.75) is 50.0 Å². The standard InChI is InChI=1S/C16H20FN5O2/c17-12-4-13(21(8-12)7-11-5-18-10-19-6-11)9-22-14(23)16(2-1-3-16)20-15(22)24/h5-6,10,12-13H,1-4,7-9H2,(H,20,24)/t12-,13-/m0/s1. The third-order valence-corrected chi connectivity index (χ3v) is 5.32. The zero-order valence-corrected chi connectivity index (χ0v) is 13.3. The first kappa shape index (κ1) is 15.4. The molecule has 3 fully saturated rings. The Morgan fingerprint density at radius 1 is 1.29 bits per heavy atom. The summed E-state index contributed by atoms with van der Waals surface area (Å²) >= 11 is 0. The Morgan fingerprint density at radius 2 is 2.04 bits per heavy atom. The summed E-state index contributed by atoms with van der Waals surface area (Å²) in [6.07, 6.45) is 6.60. The average molecular weight is 333 g/mol. The molecule has 7 nitrogen and oxygen atoms in total. The molecule has 0 radical (unpaired) electrons. The van der Waals surface area contributed by atoms with E-state index in [0.717, 1.165) is 12.0 Å². The summed E-state index contributed by atoms with van der Waals surface area (Å²) in [6.45, 7) is 1.05. The molecule has 24 heavy (non-hydrogen) atoms. The van der Waals surface area contributed by atoms with Crippen LogP contribution in [0.1, 0.15) is 31.2 Å². The largest absolute Gasteiger partial charge is 0.325 e. The van der Waals surface area contributed by atoms with Gasteiger partial charge in [0.25, 0.3) is 5.91 Å². The third kappa shape index (κ3) is 2.54. The number of carbonyl (C=O) groups excluding carboxylic acids is 2. The van der Waals surface area contributed by atoms with E-state index in [9.17, 15) is 14.0 Å². The Hall–Kier alpha value is -2.09. The number of alkyl halides is 1. The second-order valence-corrected chi connectivity index (χ2v) is 6.94. The van der Waals surface area contributed by atoms with Crippen molar-refractivity contribution in [2.75, 3.05) is 13.1 Å². The van der Waals surface area contributed by atoms with Crippen LogP contribution in [0.5, 0.6) is 0 Å². The van der Waals surface area contributed by atoms with E-state index in [1.54, 1.807) is 12.4 Å². The fraction of sp³-hybridized carbons (Fsp3) is 0.625. The highest BCUT2D eigenvalue weighted by Gasteiger charge is 2.55. The summed E-state index contributed by atoms with van der Waals surface area (Å²) in [5.41, 5.74) is 0.215. The molecule has 128 valence electrons. The topological polar surface area (TPSA) is 78.4 Å². The number of nitrogens with zero attached hydrogens (tertiary/aromatic N) is 4. The van der Waals surface area contributed by atoms with Gasteiger partial charge in [-0.15, -0.1) is 0 Å². The van der Waals surface area contributed by atoms with Crippen molar-refractivity contribution in [1.29, 1.82) is 0 Å². The van der Waals surface area contributed by atoms with Crippen molar-refractivity contribution in [3.63, 3.8) is 0 Å². The molecule has 1 aromatic rings. The van der Waals surface area contributed by atoms with Crippen molar-refractivity contribution >= 4 is 11.9 Å². The Morgan fingerprint density at radius 3 is 2.67 bits per heavy atom. The van der Waals surface area contributed by atoms with E-state index in [0.29, 0.717) is 32.4 Å². The van der Waals surface area contributed by atoms with Crippen molar-refractivity contribution < 1.29 is 14.0 Å². The molecular weight excluding hydrogens is 313 g/mol. The first-order chi connectivity index (χ1) is 11.6. The van der Waals surface area contributed by atoms with Gasteiger partial charge in [0.15, 0.2) is 0 Å². The minimum atomic E-state index is -0.946. The van der Waals surface area contributed by atoms with Crippen LogP contribution in [0, 0.1) is 0 Å². The second-order valence-electron chi connectivity index (χ2n) is 6.94. The van der Waals surface area contributed by atoms with Crippen LogP contribution in [-0.4, -0.2) is 62.5 Å². The predicted molar refractivity (Wildman–Crippen MR) is 82.6 cm³/mol. The van der Waals surface area contributed by atoms with Gasteiger partial charge in [0.1, 0.15) is 18.0 Å².